The van der Waals surface area contributed by atoms with Gasteiger partial charge in [-0.3, -0.25) is 0 Å². The first-order valence-corrected chi connectivity index (χ1v) is 9.77. The molecule has 150 valence electrons. The molecule has 28 heavy (non-hydrogen) atoms. The van der Waals surface area contributed by atoms with Crippen molar-refractivity contribution in [1.29, 1.82) is 0 Å². The first-order chi connectivity index (χ1) is 13.6. The van der Waals surface area contributed by atoms with Gasteiger partial charge in [0.25, 0.3) is 0 Å². The lowest BCUT2D eigenvalue weighted by molar-refractivity contribution is 0.0936. The number of nitrogens with one attached hydrogen (secondary N) is 2. The van der Waals surface area contributed by atoms with Crippen LogP contribution in [0.5, 0.6) is 11.5 Å². The molecule has 0 saturated carbocycles. The number of hydrogen-bond donors (Lipinski definition) is 2. The smallest absolute Gasteiger partial charge is 0.191 e. The Bertz CT molecular complexity index is 792. The molecule has 0 spiro atoms. The summed E-state index contributed by atoms with van der Waals surface area (Å²) in [7, 11) is 4.15. The largest absolute Gasteiger partial charge is 0.486 e. The minimum Gasteiger partial charge on any atom is -0.486 e. The lowest BCUT2D eigenvalue weighted by Gasteiger charge is -2.27. The third kappa shape index (κ3) is 5.89. The summed E-state index contributed by atoms with van der Waals surface area (Å²) in [6.07, 6.45) is -0.0535. The fraction of sp³-hybridized carbons (Fsp3) is 0.409. The summed E-state index contributed by atoms with van der Waals surface area (Å²) in [5.74, 6) is 2.38. The SMILES string of the molecule is CCNC(=NCc1cccc(CN(C)C)c1)NCC1COc2ccccc2O1. The predicted octanol–water partition coefficient (Wildman–Crippen LogP) is 2.64. The molecule has 1 heterocycles. The highest BCUT2D eigenvalue weighted by Crippen LogP contribution is 2.30. The maximum Gasteiger partial charge on any atom is 0.191 e. The molecule has 2 aromatic carbocycles. The fourth-order valence-corrected chi connectivity index (χ4v) is 3.08. The minimum absolute atomic E-state index is 0.0535. The monoisotopic (exact) mass is 382 g/mol. The zero-order chi connectivity index (χ0) is 19.8. The van der Waals surface area contributed by atoms with Gasteiger partial charge in [-0.2, -0.15) is 0 Å². The van der Waals surface area contributed by atoms with Crippen molar-refractivity contribution in [3.8, 4) is 11.5 Å². The standard InChI is InChI=1S/C22H30N4O2/c1-4-23-22(24-13-17-8-7-9-18(12-17)15-26(2)3)25-14-19-16-27-20-10-5-6-11-21(20)28-19/h5-12,19H,4,13-16H2,1-3H3,(H2,23,24,25). The van der Waals surface area contributed by atoms with Crippen molar-refractivity contribution in [3.63, 3.8) is 0 Å². The van der Waals surface area contributed by atoms with Crippen molar-refractivity contribution in [2.45, 2.75) is 26.1 Å². The Balaban J connectivity index is 1.56. The fourth-order valence-electron chi connectivity index (χ4n) is 3.08. The van der Waals surface area contributed by atoms with E-state index in [2.05, 4.69) is 60.8 Å². The molecule has 3 rings (SSSR count). The molecule has 0 saturated heterocycles. The zero-order valence-electron chi connectivity index (χ0n) is 16.9. The van der Waals surface area contributed by atoms with Crippen LogP contribution in [0, 0.1) is 0 Å². The first-order valence-electron chi connectivity index (χ1n) is 9.77. The topological polar surface area (TPSA) is 58.1 Å². The highest BCUT2D eigenvalue weighted by atomic mass is 16.6. The van der Waals surface area contributed by atoms with E-state index in [4.69, 9.17) is 14.5 Å². The second kappa shape index (κ2) is 9.99. The maximum absolute atomic E-state index is 6.00. The highest BCUT2D eigenvalue weighted by Gasteiger charge is 2.20. The van der Waals surface area contributed by atoms with Gasteiger partial charge in [-0.05, 0) is 44.3 Å². The molecule has 0 bridgehead atoms. The van der Waals surface area contributed by atoms with Gasteiger partial charge in [0.1, 0.15) is 12.7 Å². The van der Waals surface area contributed by atoms with Crippen LogP contribution in [0.3, 0.4) is 0 Å². The second-order valence-corrected chi connectivity index (χ2v) is 7.13. The normalized spacial score (nSPS) is 16.1. The molecule has 0 aromatic heterocycles. The molecule has 6 nitrogen and oxygen atoms in total. The molecule has 0 fully saturated rings. The Morgan fingerprint density at radius 2 is 1.86 bits per heavy atom. The Morgan fingerprint density at radius 3 is 2.64 bits per heavy atom. The van der Waals surface area contributed by atoms with Gasteiger partial charge >= 0.3 is 0 Å². The lowest BCUT2D eigenvalue weighted by atomic mass is 10.1. The van der Waals surface area contributed by atoms with Crippen LogP contribution in [0.2, 0.25) is 0 Å². The van der Waals surface area contributed by atoms with Crippen molar-refractivity contribution in [2.24, 2.45) is 4.99 Å². The van der Waals surface area contributed by atoms with Crippen LogP contribution in [-0.2, 0) is 13.1 Å². The third-order valence-electron chi connectivity index (χ3n) is 4.32. The summed E-state index contributed by atoms with van der Waals surface area (Å²) in [5.41, 5.74) is 2.49. The van der Waals surface area contributed by atoms with E-state index in [9.17, 15) is 0 Å². The minimum atomic E-state index is -0.0535. The molecular weight excluding hydrogens is 352 g/mol. The number of aliphatic imine (C=N–C) groups is 1. The van der Waals surface area contributed by atoms with E-state index in [1.807, 2.05) is 24.3 Å². The average Bonchev–Trinajstić information content (AvgIpc) is 2.70. The van der Waals surface area contributed by atoms with Crippen LogP contribution in [0.15, 0.2) is 53.5 Å². The Hall–Kier alpha value is -2.73. The van der Waals surface area contributed by atoms with E-state index in [0.717, 1.165) is 30.5 Å². The molecule has 0 aliphatic carbocycles. The molecular formula is C22H30N4O2. The van der Waals surface area contributed by atoms with E-state index >= 15 is 0 Å². The number of nitrogens with zero attached hydrogens (tertiary/aromatic N) is 2. The van der Waals surface area contributed by atoms with Crippen molar-refractivity contribution in [3.05, 3.63) is 59.7 Å². The number of hydrogen-bond acceptors (Lipinski definition) is 4. The van der Waals surface area contributed by atoms with Crippen molar-refractivity contribution in [2.75, 3.05) is 33.8 Å². The second-order valence-electron chi connectivity index (χ2n) is 7.13. The quantitative estimate of drug-likeness (QED) is 0.570. The summed E-state index contributed by atoms with van der Waals surface area (Å²) in [6, 6.07) is 16.3. The third-order valence-corrected chi connectivity index (χ3v) is 4.32. The van der Waals surface area contributed by atoms with Gasteiger partial charge in [-0.25, -0.2) is 4.99 Å². The number of ether oxygens (including phenoxy) is 2. The van der Waals surface area contributed by atoms with Gasteiger partial charge in [0.2, 0.25) is 0 Å². The number of fused-ring (bicyclic) bond motifs is 1. The van der Waals surface area contributed by atoms with Crippen LogP contribution >= 0.6 is 0 Å². The first kappa shape index (κ1) is 20.0. The van der Waals surface area contributed by atoms with Crippen molar-refractivity contribution in [1.82, 2.24) is 15.5 Å². The van der Waals surface area contributed by atoms with Crippen LogP contribution in [0.1, 0.15) is 18.1 Å². The van der Waals surface area contributed by atoms with Gasteiger partial charge in [-0.1, -0.05) is 36.4 Å². The molecule has 1 aliphatic heterocycles. The number of rotatable bonds is 7. The van der Waals surface area contributed by atoms with Gasteiger partial charge in [0, 0.05) is 13.1 Å². The Kier molecular flexibility index (Phi) is 7.14. The number of para-hydroxylation sites is 2. The molecule has 2 N–H and O–H groups in total. The van der Waals surface area contributed by atoms with E-state index in [1.54, 1.807) is 0 Å². The molecule has 0 amide bonds. The zero-order valence-corrected chi connectivity index (χ0v) is 16.9. The van der Waals surface area contributed by atoms with Crippen LogP contribution in [-0.4, -0.2) is 50.8 Å². The molecule has 1 atom stereocenters. The van der Waals surface area contributed by atoms with E-state index in [1.165, 1.54) is 11.1 Å². The summed E-state index contributed by atoms with van der Waals surface area (Å²) in [4.78, 5) is 6.88. The number of benzene rings is 2. The molecule has 1 aliphatic rings. The van der Waals surface area contributed by atoms with Gasteiger partial charge in [0.05, 0.1) is 13.1 Å². The summed E-state index contributed by atoms with van der Waals surface area (Å²) in [5, 5.41) is 6.66. The molecule has 1 unspecified atom stereocenters. The number of guanidine groups is 1. The Labute approximate surface area is 167 Å². The van der Waals surface area contributed by atoms with Crippen LogP contribution in [0.25, 0.3) is 0 Å². The van der Waals surface area contributed by atoms with E-state index in [-0.39, 0.29) is 6.10 Å². The summed E-state index contributed by atoms with van der Waals surface area (Å²) >= 11 is 0. The van der Waals surface area contributed by atoms with Gasteiger partial charge < -0.3 is 25.0 Å². The maximum atomic E-state index is 6.00. The van der Waals surface area contributed by atoms with E-state index < -0.39 is 0 Å². The molecule has 0 radical (unpaired) electrons. The van der Waals surface area contributed by atoms with Gasteiger partial charge in [0.15, 0.2) is 17.5 Å². The molecule has 6 heteroatoms. The van der Waals surface area contributed by atoms with Crippen LogP contribution in [0.4, 0.5) is 0 Å². The predicted molar refractivity (Wildman–Crippen MR) is 113 cm³/mol. The summed E-state index contributed by atoms with van der Waals surface area (Å²) < 4.78 is 11.8. The average molecular weight is 383 g/mol. The Morgan fingerprint density at radius 1 is 1.07 bits per heavy atom. The lowest BCUT2D eigenvalue weighted by Crippen LogP contribution is -2.45. The van der Waals surface area contributed by atoms with Crippen molar-refractivity contribution < 1.29 is 9.47 Å². The van der Waals surface area contributed by atoms with Crippen molar-refractivity contribution >= 4 is 5.96 Å². The van der Waals surface area contributed by atoms with Crippen LogP contribution < -0.4 is 20.1 Å². The summed E-state index contributed by atoms with van der Waals surface area (Å²) in [6.45, 7) is 5.57. The highest BCUT2D eigenvalue weighted by molar-refractivity contribution is 5.79. The molecule has 2 aromatic rings. The van der Waals surface area contributed by atoms with E-state index in [0.29, 0.717) is 19.7 Å². The van der Waals surface area contributed by atoms with Gasteiger partial charge in [-0.15, -0.1) is 0 Å².